The third-order valence-electron chi connectivity index (χ3n) is 5.09. The van der Waals surface area contributed by atoms with E-state index in [0.717, 1.165) is 23.2 Å². The Kier molecular flexibility index (Phi) is 3.83. The number of carbonyl (C=O) groups is 1. The van der Waals surface area contributed by atoms with Crippen molar-refractivity contribution in [1.29, 1.82) is 0 Å². The van der Waals surface area contributed by atoms with Gasteiger partial charge in [-0.05, 0) is 55.6 Å². The van der Waals surface area contributed by atoms with Crippen molar-refractivity contribution in [2.24, 2.45) is 5.92 Å². The Morgan fingerprint density at radius 2 is 1.96 bits per heavy atom. The second-order valence-corrected chi connectivity index (χ2v) is 6.54. The van der Waals surface area contributed by atoms with Crippen molar-refractivity contribution in [2.75, 3.05) is 19.6 Å². The van der Waals surface area contributed by atoms with Crippen LogP contribution in [-0.2, 0) is 0 Å². The Labute approximate surface area is 136 Å². The topological polar surface area (TPSA) is 45.2 Å². The average Bonchev–Trinajstić information content (AvgIpc) is 2.63. The molecule has 4 heterocycles. The number of rotatable bonds is 3. The highest BCUT2D eigenvalue weighted by Gasteiger charge is 2.34. The molecule has 5 rings (SSSR count). The van der Waals surface area contributed by atoms with Gasteiger partial charge in [-0.25, -0.2) is 0 Å². The molecule has 4 nitrogen and oxygen atoms in total. The summed E-state index contributed by atoms with van der Waals surface area (Å²) in [6.07, 6.45) is 6.00. The molecule has 118 valence electrons. The van der Waals surface area contributed by atoms with Gasteiger partial charge < -0.3 is 10.2 Å². The maximum Gasteiger partial charge on any atom is 0.251 e. The highest BCUT2D eigenvalue weighted by atomic mass is 16.1. The van der Waals surface area contributed by atoms with Crippen LogP contribution in [0, 0.1) is 5.92 Å². The molecule has 3 aliphatic heterocycles. The number of benzene rings is 1. The summed E-state index contributed by atoms with van der Waals surface area (Å²) < 4.78 is 0. The standard InChI is InChI=1S/C19H21N3O/c23-19(21-18-13-22-9-6-14(18)7-10-22)16-4-1-3-15(11-16)17-5-2-8-20-12-17/h1-5,8,11-12,14,18H,6-7,9-10,13H2,(H,21,23). The molecule has 23 heavy (non-hydrogen) atoms. The zero-order valence-corrected chi connectivity index (χ0v) is 13.1. The van der Waals surface area contributed by atoms with Gasteiger partial charge in [-0.2, -0.15) is 0 Å². The van der Waals surface area contributed by atoms with Crippen LogP contribution >= 0.6 is 0 Å². The lowest BCUT2D eigenvalue weighted by atomic mass is 9.84. The van der Waals surface area contributed by atoms with E-state index in [1.807, 2.05) is 42.6 Å². The van der Waals surface area contributed by atoms with Crippen molar-refractivity contribution < 1.29 is 4.79 Å². The Hall–Kier alpha value is -2.20. The highest BCUT2D eigenvalue weighted by molar-refractivity contribution is 5.95. The van der Waals surface area contributed by atoms with Gasteiger partial charge in [0.05, 0.1) is 0 Å². The van der Waals surface area contributed by atoms with E-state index in [-0.39, 0.29) is 5.91 Å². The number of nitrogens with zero attached hydrogens (tertiary/aromatic N) is 2. The minimum absolute atomic E-state index is 0.0366. The SMILES string of the molecule is O=C(NC1CN2CCC1CC2)c1cccc(-c2cccnc2)c1. The first-order chi connectivity index (χ1) is 11.3. The molecule has 3 fully saturated rings. The Morgan fingerprint density at radius 1 is 1.13 bits per heavy atom. The molecule has 1 aromatic carbocycles. The number of hydrogen-bond acceptors (Lipinski definition) is 3. The molecule has 1 unspecified atom stereocenters. The van der Waals surface area contributed by atoms with Gasteiger partial charge in [0.15, 0.2) is 0 Å². The Bertz CT molecular complexity index is 693. The van der Waals surface area contributed by atoms with Crippen molar-refractivity contribution in [2.45, 2.75) is 18.9 Å². The van der Waals surface area contributed by atoms with E-state index < -0.39 is 0 Å². The van der Waals surface area contributed by atoms with Gasteiger partial charge in [0, 0.05) is 36.1 Å². The predicted molar refractivity (Wildman–Crippen MR) is 90.1 cm³/mol. The zero-order valence-electron chi connectivity index (χ0n) is 13.1. The van der Waals surface area contributed by atoms with E-state index in [2.05, 4.69) is 15.2 Å². The summed E-state index contributed by atoms with van der Waals surface area (Å²) in [6, 6.07) is 12.0. The monoisotopic (exact) mass is 307 g/mol. The van der Waals surface area contributed by atoms with E-state index in [1.165, 1.54) is 25.9 Å². The molecule has 2 aromatic rings. The summed E-state index contributed by atoms with van der Waals surface area (Å²) in [5, 5.41) is 3.25. The number of hydrogen-bond donors (Lipinski definition) is 1. The average molecular weight is 307 g/mol. The van der Waals surface area contributed by atoms with Gasteiger partial charge in [-0.15, -0.1) is 0 Å². The second kappa shape index (κ2) is 6.13. The van der Waals surface area contributed by atoms with Gasteiger partial charge in [0.1, 0.15) is 0 Å². The smallest absolute Gasteiger partial charge is 0.251 e. The van der Waals surface area contributed by atoms with Gasteiger partial charge in [0.25, 0.3) is 5.91 Å². The van der Waals surface area contributed by atoms with Crippen LogP contribution in [-0.4, -0.2) is 41.5 Å². The van der Waals surface area contributed by atoms with Crippen molar-refractivity contribution in [3.05, 3.63) is 54.4 Å². The molecule has 0 saturated carbocycles. The lowest BCUT2D eigenvalue weighted by Gasteiger charge is -2.44. The normalized spacial score (nSPS) is 26.0. The van der Waals surface area contributed by atoms with E-state index in [0.29, 0.717) is 12.0 Å². The van der Waals surface area contributed by atoms with Crippen LogP contribution < -0.4 is 5.32 Å². The molecule has 4 heteroatoms. The first-order valence-electron chi connectivity index (χ1n) is 8.33. The van der Waals surface area contributed by atoms with Crippen LogP contribution in [0.1, 0.15) is 23.2 Å². The predicted octanol–water partition coefficient (Wildman–Crippen LogP) is 2.57. The lowest BCUT2D eigenvalue weighted by Crippen LogP contribution is -2.57. The number of aromatic nitrogens is 1. The van der Waals surface area contributed by atoms with Crippen molar-refractivity contribution >= 4 is 5.91 Å². The molecule has 0 radical (unpaired) electrons. The third kappa shape index (κ3) is 2.99. The Morgan fingerprint density at radius 3 is 2.65 bits per heavy atom. The van der Waals surface area contributed by atoms with Crippen LogP contribution in [0.2, 0.25) is 0 Å². The van der Waals surface area contributed by atoms with E-state index >= 15 is 0 Å². The van der Waals surface area contributed by atoms with Crippen LogP contribution in [0.3, 0.4) is 0 Å². The highest BCUT2D eigenvalue weighted by Crippen LogP contribution is 2.28. The van der Waals surface area contributed by atoms with Gasteiger partial charge in [-0.1, -0.05) is 18.2 Å². The fourth-order valence-electron chi connectivity index (χ4n) is 3.75. The summed E-state index contributed by atoms with van der Waals surface area (Å²) in [6.45, 7) is 3.37. The van der Waals surface area contributed by atoms with E-state index in [9.17, 15) is 4.79 Å². The lowest BCUT2D eigenvalue weighted by molar-refractivity contribution is 0.0620. The molecular formula is C19H21N3O. The van der Waals surface area contributed by atoms with Crippen molar-refractivity contribution in [3.63, 3.8) is 0 Å². The summed E-state index contributed by atoms with van der Waals surface area (Å²) in [5.74, 6) is 0.681. The molecule has 0 spiro atoms. The quantitative estimate of drug-likeness (QED) is 0.948. The minimum atomic E-state index is 0.0366. The Balaban J connectivity index is 1.50. The molecule has 3 aliphatic rings. The minimum Gasteiger partial charge on any atom is -0.348 e. The van der Waals surface area contributed by atoms with Crippen LogP contribution in [0.4, 0.5) is 0 Å². The maximum atomic E-state index is 12.6. The summed E-state index contributed by atoms with van der Waals surface area (Å²) in [5.41, 5.74) is 2.78. The first-order valence-corrected chi connectivity index (χ1v) is 8.33. The largest absolute Gasteiger partial charge is 0.348 e. The summed E-state index contributed by atoms with van der Waals surface area (Å²) >= 11 is 0. The second-order valence-electron chi connectivity index (χ2n) is 6.54. The number of nitrogens with one attached hydrogen (secondary N) is 1. The molecule has 3 saturated heterocycles. The molecule has 1 amide bonds. The molecule has 1 N–H and O–H groups in total. The van der Waals surface area contributed by atoms with Gasteiger partial charge in [-0.3, -0.25) is 9.78 Å². The van der Waals surface area contributed by atoms with Crippen molar-refractivity contribution in [3.8, 4) is 11.1 Å². The van der Waals surface area contributed by atoms with Crippen LogP contribution in [0.25, 0.3) is 11.1 Å². The van der Waals surface area contributed by atoms with Gasteiger partial charge >= 0.3 is 0 Å². The number of amides is 1. The summed E-state index contributed by atoms with van der Waals surface area (Å²) in [4.78, 5) is 19.2. The van der Waals surface area contributed by atoms with E-state index in [1.54, 1.807) is 6.20 Å². The van der Waals surface area contributed by atoms with Gasteiger partial charge in [0.2, 0.25) is 0 Å². The fourth-order valence-corrected chi connectivity index (χ4v) is 3.75. The molecule has 1 aromatic heterocycles. The van der Waals surface area contributed by atoms with Crippen LogP contribution in [0.5, 0.6) is 0 Å². The number of piperidine rings is 3. The zero-order chi connectivity index (χ0) is 15.6. The third-order valence-corrected chi connectivity index (χ3v) is 5.09. The van der Waals surface area contributed by atoms with Crippen molar-refractivity contribution in [1.82, 2.24) is 15.2 Å². The number of fused-ring (bicyclic) bond motifs is 3. The fraction of sp³-hybridized carbons (Fsp3) is 0.368. The van der Waals surface area contributed by atoms with E-state index in [4.69, 9.17) is 0 Å². The number of pyridine rings is 1. The molecule has 0 aliphatic carbocycles. The maximum absolute atomic E-state index is 12.6. The molecule has 1 atom stereocenters. The number of carbonyl (C=O) groups excluding carboxylic acids is 1. The molecule has 2 bridgehead atoms. The first kappa shape index (κ1) is 14.4. The summed E-state index contributed by atoms with van der Waals surface area (Å²) in [7, 11) is 0. The van der Waals surface area contributed by atoms with Crippen LogP contribution in [0.15, 0.2) is 48.8 Å². The molecular weight excluding hydrogens is 286 g/mol.